The summed E-state index contributed by atoms with van der Waals surface area (Å²) < 4.78 is 46.3. The fourth-order valence-corrected chi connectivity index (χ4v) is 5.83. The molecular weight excluding hydrogens is 628 g/mol. The molecule has 2 heterocycles. The van der Waals surface area contributed by atoms with E-state index < -0.39 is 0 Å². The van der Waals surface area contributed by atoms with Crippen LogP contribution in [0.5, 0.6) is 11.5 Å². The molecule has 11 nitrogen and oxygen atoms in total. The lowest BCUT2D eigenvalue weighted by Crippen LogP contribution is -2.24. The lowest BCUT2D eigenvalue weighted by Gasteiger charge is -2.23. The molecule has 268 valence electrons. The number of carbonyl (C=O) groups is 1. The first-order chi connectivity index (χ1) is 24.1. The number of ether oxygens (including phenoxy) is 8. The van der Waals surface area contributed by atoms with Gasteiger partial charge in [0.05, 0.1) is 90.7 Å². The highest BCUT2D eigenvalue weighted by molar-refractivity contribution is 6.14. The van der Waals surface area contributed by atoms with Crippen LogP contribution in [0.25, 0.3) is 12.2 Å². The van der Waals surface area contributed by atoms with Gasteiger partial charge >= 0.3 is 0 Å². The van der Waals surface area contributed by atoms with E-state index in [1.54, 1.807) is 0 Å². The molecule has 5 rings (SSSR count). The Labute approximate surface area is 290 Å². The predicted octanol–water partition coefficient (Wildman–Crippen LogP) is 4.66. The Kier molecular flexibility index (Phi) is 15.2. The highest BCUT2D eigenvalue weighted by Gasteiger charge is 2.22. The van der Waals surface area contributed by atoms with Gasteiger partial charge < -0.3 is 47.7 Å². The molecule has 0 atom stereocenters. The van der Waals surface area contributed by atoms with E-state index in [-0.39, 0.29) is 5.78 Å². The number of Topliss-reactive ketones (excluding diaryl/α,β-unsaturated/α-hetero) is 1. The fraction of sp³-hybridized carbons (Fsp3) is 0.553. The molecule has 0 N–H and O–H groups in total. The molecule has 1 aliphatic carbocycles. The maximum atomic E-state index is 13.8. The number of allylic oxidation sites excluding steroid dienone is 2. The zero-order valence-corrected chi connectivity index (χ0v) is 29.1. The maximum Gasteiger partial charge on any atom is 0.185 e. The number of likely N-dealkylation sites (N-methyl/N-ethyl adjacent to an activating group) is 2. The highest BCUT2D eigenvalue weighted by atomic mass is 16.6. The van der Waals surface area contributed by atoms with E-state index in [9.17, 15) is 4.79 Å². The van der Waals surface area contributed by atoms with Crippen LogP contribution in [-0.2, 0) is 33.2 Å². The van der Waals surface area contributed by atoms with Crippen LogP contribution in [0.4, 0.5) is 11.4 Å². The third kappa shape index (κ3) is 11.8. The van der Waals surface area contributed by atoms with Gasteiger partial charge in [-0.05, 0) is 66.8 Å². The van der Waals surface area contributed by atoms with Crippen LogP contribution in [-0.4, -0.2) is 125 Å². The summed E-state index contributed by atoms with van der Waals surface area (Å²) >= 11 is 0. The van der Waals surface area contributed by atoms with Crippen molar-refractivity contribution in [3.8, 4) is 11.5 Å². The molecule has 49 heavy (non-hydrogen) atoms. The number of ketones is 1. The Morgan fingerprint density at radius 3 is 1.29 bits per heavy atom. The number of fused-ring (bicyclic) bond motifs is 2. The quantitative estimate of drug-likeness (QED) is 0.415. The van der Waals surface area contributed by atoms with Crippen molar-refractivity contribution >= 4 is 29.3 Å². The Bertz CT molecular complexity index is 1290. The van der Waals surface area contributed by atoms with Gasteiger partial charge in [0.25, 0.3) is 0 Å². The van der Waals surface area contributed by atoms with Crippen LogP contribution in [0.3, 0.4) is 0 Å². The van der Waals surface area contributed by atoms with Gasteiger partial charge in [0.2, 0.25) is 0 Å². The number of nitrogens with zero attached hydrogens (tertiary/aromatic N) is 2. The van der Waals surface area contributed by atoms with Gasteiger partial charge in [-0.2, -0.15) is 0 Å². The van der Waals surface area contributed by atoms with E-state index in [0.717, 1.165) is 64.4 Å². The highest BCUT2D eigenvalue weighted by Crippen LogP contribution is 2.34. The molecule has 0 amide bonds. The number of hydrogen-bond acceptors (Lipinski definition) is 11. The van der Waals surface area contributed by atoms with E-state index in [1.165, 1.54) is 0 Å². The Hall–Kier alpha value is -3.45. The van der Waals surface area contributed by atoms with Crippen molar-refractivity contribution in [3.05, 3.63) is 58.7 Å². The van der Waals surface area contributed by atoms with Crippen molar-refractivity contribution < 1.29 is 42.7 Å². The van der Waals surface area contributed by atoms with E-state index in [2.05, 4.69) is 9.80 Å². The lowest BCUT2D eigenvalue weighted by molar-refractivity contribution is -0.112. The molecule has 1 saturated carbocycles. The maximum absolute atomic E-state index is 13.8. The molecule has 2 aliphatic heterocycles. The first-order valence-corrected chi connectivity index (χ1v) is 17.5. The van der Waals surface area contributed by atoms with Gasteiger partial charge in [-0.25, -0.2) is 0 Å². The minimum atomic E-state index is 0.0788. The molecule has 0 unspecified atom stereocenters. The molecule has 11 heteroatoms. The van der Waals surface area contributed by atoms with Crippen LogP contribution in [0, 0.1) is 0 Å². The molecule has 1 fully saturated rings. The summed E-state index contributed by atoms with van der Waals surface area (Å²) in [6, 6.07) is 12.2. The van der Waals surface area contributed by atoms with Gasteiger partial charge in [-0.15, -0.1) is 0 Å². The average Bonchev–Trinajstić information content (AvgIpc) is 3.11. The summed E-state index contributed by atoms with van der Waals surface area (Å²) in [7, 11) is 4.05. The Morgan fingerprint density at radius 1 is 0.510 bits per heavy atom. The monoisotopic (exact) mass is 680 g/mol. The lowest BCUT2D eigenvalue weighted by atomic mass is 9.86. The first kappa shape index (κ1) is 36.8. The fourth-order valence-electron chi connectivity index (χ4n) is 5.83. The number of carbonyl (C=O) groups excluding carboxylic acids is 1. The molecule has 0 bridgehead atoms. The van der Waals surface area contributed by atoms with Gasteiger partial charge in [0.15, 0.2) is 5.78 Å². The molecule has 3 aliphatic rings. The van der Waals surface area contributed by atoms with Gasteiger partial charge in [0.1, 0.15) is 24.7 Å². The second kappa shape index (κ2) is 20.3. The number of benzene rings is 2. The molecule has 0 aromatic heterocycles. The van der Waals surface area contributed by atoms with Crippen molar-refractivity contribution in [2.24, 2.45) is 0 Å². The van der Waals surface area contributed by atoms with E-state index in [0.29, 0.717) is 106 Å². The summed E-state index contributed by atoms with van der Waals surface area (Å²) in [6.07, 6.45) is 6.36. The molecule has 2 aromatic rings. The van der Waals surface area contributed by atoms with Gasteiger partial charge in [-0.3, -0.25) is 4.79 Å². The van der Waals surface area contributed by atoms with Crippen molar-refractivity contribution in [3.63, 3.8) is 0 Å². The number of anilines is 2. The van der Waals surface area contributed by atoms with Crippen molar-refractivity contribution in [2.45, 2.75) is 19.3 Å². The van der Waals surface area contributed by atoms with Crippen LogP contribution >= 0.6 is 0 Å². The molecule has 0 spiro atoms. The standard InChI is InChI=1S/C38H52N2O9/c1-39-10-12-42-14-16-44-18-20-46-22-24-48-36-28-30(6-8-34(36)39)26-32-4-3-5-33(38(32)41)27-31-7-9-35-37(29-31)49-25-23-47-21-19-45-17-15-43-13-11-40(35)2/h6-9,26-29H,3-5,10-25H2,1-2H3/b32-26+,33-27+. The zero-order valence-electron chi connectivity index (χ0n) is 29.1. The SMILES string of the molecule is CN1CCOCCOCCOCCOc2cc(/C=C3\CCC/C(=C\c4ccc5c(c4)OCCOCCOCCOCCN5C)C3=O)ccc21. The van der Waals surface area contributed by atoms with Crippen molar-refractivity contribution in [1.82, 2.24) is 0 Å². The molecule has 0 saturated heterocycles. The summed E-state index contributed by atoms with van der Waals surface area (Å²) in [5.74, 6) is 1.58. The van der Waals surface area contributed by atoms with Crippen LogP contribution in [0.15, 0.2) is 47.5 Å². The minimum absolute atomic E-state index is 0.0788. The average molecular weight is 681 g/mol. The first-order valence-electron chi connectivity index (χ1n) is 17.5. The van der Waals surface area contributed by atoms with Crippen LogP contribution in [0.2, 0.25) is 0 Å². The third-order valence-electron chi connectivity index (χ3n) is 8.55. The van der Waals surface area contributed by atoms with Crippen molar-refractivity contribution in [2.75, 3.05) is 129 Å². The summed E-state index contributed by atoms with van der Waals surface area (Å²) in [6.45, 7) is 8.62. The van der Waals surface area contributed by atoms with Crippen LogP contribution < -0.4 is 19.3 Å². The number of rotatable bonds is 2. The largest absolute Gasteiger partial charge is 0.489 e. The second-order valence-electron chi connectivity index (χ2n) is 12.2. The minimum Gasteiger partial charge on any atom is -0.489 e. The second-order valence-corrected chi connectivity index (χ2v) is 12.2. The predicted molar refractivity (Wildman–Crippen MR) is 190 cm³/mol. The van der Waals surface area contributed by atoms with Gasteiger partial charge in [-0.1, -0.05) is 12.1 Å². The number of hydrogen-bond donors (Lipinski definition) is 0. The van der Waals surface area contributed by atoms with E-state index >= 15 is 0 Å². The summed E-state index contributed by atoms with van der Waals surface area (Å²) in [5, 5.41) is 0. The molecule has 0 radical (unpaired) electrons. The molecule has 2 aromatic carbocycles. The topological polar surface area (TPSA) is 97.4 Å². The zero-order chi connectivity index (χ0) is 34.1. The normalized spacial score (nSPS) is 22.0. The Balaban J connectivity index is 1.32. The van der Waals surface area contributed by atoms with Gasteiger partial charge in [0, 0.05) is 38.3 Å². The van der Waals surface area contributed by atoms with E-state index in [1.807, 2.05) is 62.6 Å². The summed E-state index contributed by atoms with van der Waals surface area (Å²) in [4.78, 5) is 18.0. The summed E-state index contributed by atoms with van der Waals surface area (Å²) in [5.41, 5.74) is 5.38. The smallest absolute Gasteiger partial charge is 0.185 e. The Morgan fingerprint density at radius 2 is 0.878 bits per heavy atom. The van der Waals surface area contributed by atoms with Crippen molar-refractivity contribution in [1.29, 1.82) is 0 Å². The molecular formula is C38H52N2O9. The van der Waals surface area contributed by atoms with E-state index in [4.69, 9.17) is 37.9 Å². The third-order valence-corrected chi connectivity index (χ3v) is 8.55. The van der Waals surface area contributed by atoms with Crippen LogP contribution in [0.1, 0.15) is 30.4 Å².